The highest BCUT2D eigenvalue weighted by Gasteiger charge is 2.04. The molecule has 0 spiro atoms. The Morgan fingerprint density at radius 1 is 1.36 bits per heavy atom. The zero-order valence-corrected chi connectivity index (χ0v) is 8.81. The summed E-state index contributed by atoms with van der Waals surface area (Å²) < 4.78 is 3.40. The number of unbranched alkanes of at least 4 members (excludes halogenated alkanes) is 1. The number of aliphatic hydroxyl groups is 1. The van der Waals surface area contributed by atoms with Crippen LogP contribution in [0.5, 0.6) is 0 Å². The lowest BCUT2D eigenvalue weighted by Crippen LogP contribution is -2.25. The number of hydrogen-bond acceptors (Lipinski definition) is 2. The van der Waals surface area contributed by atoms with Crippen LogP contribution in [0.4, 0.5) is 0 Å². The van der Waals surface area contributed by atoms with E-state index >= 15 is 0 Å². The monoisotopic (exact) mass is 198 g/mol. The van der Waals surface area contributed by atoms with E-state index in [2.05, 4.69) is 0 Å². The van der Waals surface area contributed by atoms with Crippen LogP contribution in [0, 0.1) is 0 Å². The molecule has 0 saturated heterocycles. The van der Waals surface area contributed by atoms with Gasteiger partial charge in [0.2, 0.25) is 0 Å². The summed E-state index contributed by atoms with van der Waals surface area (Å²) in [5.74, 6) is 0. The smallest absolute Gasteiger partial charge is 0.328 e. The molecule has 1 aromatic rings. The second-order valence-corrected chi connectivity index (χ2v) is 3.71. The number of aromatic nitrogens is 2. The average Bonchev–Trinajstić information content (AvgIpc) is 2.48. The Labute approximate surface area is 83.8 Å². The van der Waals surface area contributed by atoms with Crippen molar-refractivity contribution in [3.8, 4) is 0 Å². The molecule has 0 radical (unpaired) electrons. The van der Waals surface area contributed by atoms with Gasteiger partial charge in [-0.2, -0.15) is 0 Å². The van der Waals surface area contributed by atoms with Gasteiger partial charge in [0, 0.05) is 31.6 Å². The van der Waals surface area contributed by atoms with E-state index in [1.54, 1.807) is 15.3 Å². The molecule has 4 nitrogen and oxygen atoms in total. The highest BCUT2D eigenvalue weighted by atomic mass is 16.2. The molecule has 0 aliphatic rings. The van der Waals surface area contributed by atoms with Crippen molar-refractivity contribution in [1.82, 2.24) is 9.13 Å². The van der Waals surface area contributed by atoms with Crippen LogP contribution in [0.25, 0.3) is 0 Å². The van der Waals surface area contributed by atoms with Crippen LogP contribution in [0.1, 0.15) is 32.7 Å². The fourth-order valence-electron chi connectivity index (χ4n) is 1.39. The van der Waals surface area contributed by atoms with Crippen molar-refractivity contribution in [3.05, 3.63) is 22.9 Å². The summed E-state index contributed by atoms with van der Waals surface area (Å²) in [6.45, 7) is 4.86. The molecule has 4 heteroatoms. The van der Waals surface area contributed by atoms with Crippen LogP contribution >= 0.6 is 0 Å². The fraction of sp³-hybridized carbons (Fsp3) is 0.700. The number of aryl methyl sites for hydroxylation is 1. The number of imidazole rings is 1. The lowest BCUT2D eigenvalue weighted by atomic mass is 10.3. The molecule has 0 amide bonds. The molecule has 0 saturated carbocycles. The third-order valence-electron chi connectivity index (χ3n) is 2.24. The molecule has 1 N–H and O–H groups in total. The van der Waals surface area contributed by atoms with E-state index in [1.165, 1.54) is 0 Å². The molecule has 0 aliphatic carbocycles. The lowest BCUT2D eigenvalue weighted by Gasteiger charge is -2.04. The summed E-state index contributed by atoms with van der Waals surface area (Å²) in [4.78, 5) is 11.7. The molecule has 14 heavy (non-hydrogen) atoms. The minimum absolute atomic E-state index is 0.0398. The molecule has 80 valence electrons. The van der Waals surface area contributed by atoms with Crippen molar-refractivity contribution in [2.75, 3.05) is 6.61 Å². The van der Waals surface area contributed by atoms with Gasteiger partial charge in [-0.05, 0) is 26.7 Å². The first-order valence-electron chi connectivity index (χ1n) is 5.05. The molecule has 1 aromatic heterocycles. The van der Waals surface area contributed by atoms with Gasteiger partial charge in [-0.3, -0.25) is 9.13 Å². The zero-order chi connectivity index (χ0) is 10.6. The summed E-state index contributed by atoms with van der Waals surface area (Å²) in [5.41, 5.74) is 0.0398. The minimum atomic E-state index is 0.0398. The van der Waals surface area contributed by atoms with E-state index < -0.39 is 0 Å². The summed E-state index contributed by atoms with van der Waals surface area (Å²) >= 11 is 0. The van der Waals surface area contributed by atoms with Crippen LogP contribution in [0.15, 0.2) is 17.2 Å². The summed E-state index contributed by atoms with van der Waals surface area (Å²) in [7, 11) is 0. The second kappa shape index (κ2) is 5.00. The Morgan fingerprint density at radius 2 is 2.07 bits per heavy atom. The van der Waals surface area contributed by atoms with E-state index in [-0.39, 0.29) is 18.3 Å². The Morgan fingerprint density at radius 3 is 2.57 bits per heavy atom. The second-order valence-electron chi connectivity index (χ2n) is 3.71. The predicted octanol–water partition coefficient (Wildman–Crippen LogP) is 1.00. The van der Waals surface area contributed by atoms with Gasteiger partial charge >= 0.3 is 5.69 Å². The number of aliphatic hydroxyl groups excluding tert-OH is 1. The van der Waals surface area contributed by atoms with Crippen molar-refractivity contribution in [3.63, 3.8) is 0 Å². The minimum Gasteiger partial charge on any atom is -0.396 e. The predicted molar refractivity (Wildman–Crippen MR) is 55.4 cm³/mol. The van der Waals surface area contributed by atoms with Gasteiger partial charge in [0.25, 0.3) is 0 Å². The molecule has 1 rings (SSSR count). The Kier molecular flexibility index (Phi) is 3.95. The first kappa shape index (κ1) is 11.0. The van der Waals surface area contributed by atoms with Crippen molar-refractivity contribution >= 4 is 0 Å². The van der Waals surface area contributed by atoms with Gasteiger partial charge in [0.1, 0.15) is 0 Å². The van der Waals surface area contributed by atoms with E-state index in [0.717, 1.165) is 12.8 Å². The molecule has 0 atom stereocenters. The number of rotatable bonds is 5. The Balaban J connectivity index is 2.65. The molecule has 1 heterocycles. The van der Waals surface area contributed by atoms with Crippen LogP contribution in [-0.2, 0) is 6.54 Å². The van der Waals surface area contributed by atoms with E-state index in [4.69, 9.17) is 5.11 Å². The third kappa shape index (κ3) is 2.48. The number of hydrogen-bond donors (Lipinski definition) is 1. The number of nitrogens with zero attached hydrogens (tertiary/aromatic N) is 2. The van der Waals surface area contributed by atoms with Crippen molar-refractivity contribution in [1.29, 1.82) is 0 Å². The molecule has 0 fully saturated rings. The first-order valence-corrected chi connectivity index (χ1v) is 5.05. The lowest BCUT2D eigenvalue weighted by molar-refractivity contribution is 0.281. The van der Waals surface area contributed by atoms with E-state index in [1.807, 2.05) is 20.0 Å². The molecular weight excluding hydrogens is 180 g/mol. The fourth-order valence-corrected chi connectivity index (χ4v) is 1.39. The SMILES string of the molecule is CC(C)n1ccn(CCCCO)c1=O. The molecule has 0 aromatic carbocycles. The van der Waals surface area contributed by atoms with Crippen molar-refractivity contribution in [2.45, 2.75) is 39.3 Å². The maximum Gasteiger partial charge on any atom is 0.328 e. The van der Waals surface area contributed by atoms with Crippen LogP contribution in [0.3, 0.4) is 0 Å². The molecule has 0 bridgehead atoms. The third-order valence-corrected chi connectivity index (χ3v) is 2.24. The normalized spacial score (nSPS) is 11.1. The molecule has 0 aliphatic heterocycles. The first-order chi connectivity index (χ1) is 6.66. The highest BCUT2D eigenvalue weighted by Crippen LogP contribution is 2.00. The van der Waals surface area contributed by atoms with Crippen LogP contribution in [-0.4, -0.2) is 20.8 Å². The summed E-state index contributed by atoms with van der Waals surface area (Å²) in [6.07, 6.45) is 5.21. The van der Waals surface area contributed by atoms with Crippen LogP contribution < -0.4 is 5.69 Å². The summed E-state index contributed by atoms with van der Waals surface area (Å²) in [5, 5.41) is 8.61. The van der Waals surface area contributed by atoms with Gasteiger partial charge in [0.15, 0.2) is 0 Å². The Hall–Kier alpha value is -1.03. The largest absolute Gasteiger partial charge is 0.396 e. The van der Waals surface area contributed by atoms with Gasteiger partial charge < -0.3 is 5.11 Å². The quantitative estimate of drug-likeness (QED) is 0.717. The molecule has 0 unspecified atom stereocenters. The average molecular weight is 198 g/mol. The molecular formula is C10H18N2O2. The zero-order valence-electron chi connectivity index (χ0n) is 8.81. The van der Waals surface area contributed by atoms with E-state index in [9.17, 15) is 4.79 Å². The van der Waals surface area contributed by atoms with Gasteiger partial charge in [-0.1, -0.05) is 0 Å². The maximum atomic E-state index is 11.7. The topological polar surface area (TPSA) is 47.2 Å². The van der Waals surface area contributed by atoms with Gasteiger partial charge in [-0.15, -0.1) is 0 Å². The van der Waals surface area contributed by atoms with E-state index in [0.29, 0.717) is 6.54 Å². The highest BCUT2D eigenvalue weighted by molar-refractivity contribution is 4.83. The van der Waals surface area contributed by atoms with Gasteiger partial charge in [-0.25, -0.2) is 4.79 Å². The van der Waals surface area contributed by atoms with Gasteiger partial charge in [0.05, 0.1) is 0 Å². The van der Waals surface area contributed by atoms with Crippen molar-refractivity contribution < 1.29 is 5.11 Å². The Bertz CT molecular complexity index is 325. The summed E-state index contributed by atoms with van der Waals surface area (Å²) in [6, 6.07) is 0.210. The standard InChI is InChI=1S/C10H18N2O2/c1-9(2)12-7-6-11(10(12)14)5-3-4-8-13/h6-7,9,13H,3-5,8H2,1-2H3. The maximum absolute atomic E-state index is 11.7. The van der Waals surface area contributed by atoms with Crippen LogP contribution in [0.2, 0.25) is 0 Å². The van der Waals surface area contributed by atoms with Crippen molar-refractivity contribution in [2.24, 2.45) is 0 Å².